The molecule has 21 heavy (non-hydrogen) atoms. The van der Waals surface area contributed by atoms with Crippen molar-refractivity contribution in [3.05, 3.63) is 35.1 Å². The van der Waals surface area contributed by atoms with E-state index in [4.69, 9.17) is 10.9 Å². The number of nitrogens with two attached hydrogens (primary N) is 1. The fraction of sp³-hybridized carbons (Fsp3) is 0.533. The van der Waals surface area contributed by atoms with Gasteiger partial charge in [-0.25, -0.2) is 4.39 Å². The zero-order chi connectivity index (χ0) is 15.0. The first-order valence-electron chi connectivity index (χ1n) is 7.28. The molecule has 1 aromatic rings. The fourth-order valence-corrected chi connectivity index (χ4v) is 3.68. The highest BCUT2D eigenvalue weighted by atomic mass is 19.1. The zero-order valence-corrected chi connectivity index (χ0v) is 11.7. The Balaban J connectivity index is 1.86. The van der Waals surface area contributed by atoms with Gasteiger partial charge in [0.1, 0.15) is 5.82 Å². The van der Waals surface area contributed by atoms with Crippen molar-refractivity contribution in [2.75, 3.05) is 0 Å². The van der Waals surface area contributed by atoms with Crippen LogP contribution in [0, 0.1) is 5.82 Å². The molecule has 6 heteroatoms. The summed E-state index contributed by atoms with van der Waals surface area (Å²) in [6.45, 7) is 0.633. The van der Waals surface area contributed by atoms with E-state index >= 15 is 0 Å². The Kier molecular flexibility index (Phi) is 3.82. The number of hydrogen-bond donors (Lipinski definition) is 3. The van der Waals surface area contributed by atoms with Gasteiger partial charge < -0.3 is 16.0 Å². The number of halogens is 1. The second-order valence-electron chi connectivity index (χ2n) is 5.97. The summed E-state index contributed by atoms with van der Waals surface area (Å²) < 4.78 is 13.4. The molecule has 2 atom stereocenters. The summed E-state index contributed by atoms with van der Waals surface area (Å²) in [6.07, 6.45) is 3.53. The smallest absolute Gasteiger partial charge is 0.170 e. The second kappa shape index (κ2) is 5.61. The second-order valence-corrected chi connectivity index (χ2v) is 5.97. The van der Waals surface area contributed by atoms with Crippen LogP contribution < -0.4 is 5.73 Å². The van der Waals surface area contributed by atoms with Gasteiger partial charge in [0, 0.05) is 24.2 Å². The molecular formula is C15H20FN3O2. The lowest BCUT2D eigenvalue weighted by molar-refractivity contribution is 0.0310. The third-order valence-corrected chi connectivity index (χ3v) is 4.67. The molecule has 114 valence electrons. The molecule has 2 aliphatic heterocycles. The third kappa shape index (κ3) is 2.73. The van der Waals surface area contributed by atoms with Crippen molar-refractivity contribution < 1.29 is 14.7 Å². The first-order valence-corrected chi connectivity index (χ1v) is 7.28. The van der Waals surface area contributed by atoms with Crippen LogP contribution in [0.5, 0.6) is 0 Å². The number of fused-ring (bicyclic) bond motifs is 2. The summed E-state index contributed by atoms with van der Waals surface area (Å²) in [7, 11) is 0. The van der Waals surface area contributed by atoms with Gasteiger partial charge in [-0.3, -0.25) is 4.90 Å². The molecule has 0 amide bonds. The highest BCUT2D eigenvalue weighted by Crippen LogP contribution is 2.37. The monoisotopic (exact) mass is 293 g/mol. The van der Waals surface area contributed by atoms with Crippen LogP contribution in [0.3, 0.4) is 0 Å². The summed E-state index contributed by atoms with van der Waals surface area (Å²) in [5.41, 5.74) is 6.93. The molecule has 0 spiro atoms. The normalized spacial score (nSPS) is 29.8. The first-order chi connectivity index (χ1) is 10.1. The van der Waals surface area contributed by atoms with Crippen LogP contribution in [0.15, 0.2) is 23.4 Å². The summed E-state index contributed by atoms with van der Waals surface area (Å²) in [6, 6.07) is 5.11. The van der Waals surface area contributed by atoms with E-state index in [2.05, 4.69) is 10.1 Å². The molecular weight excluding hydrogens is 273 g/mol. The highest BCUT2D eigenvalue weighted by molar-refractivity contribution is 5.98. The van der Waals surface area contributed by atoms with Crippen LogP contribution in [-0.4, -0.2) is 39.2 Å². The zero-order valence-electron chi connectivity index (χ0n) is 11.7. The van der Waals surface area contributed by atoms with Crippen molar-refractivity contribution in [2.45, 2.75) is 50.4 Å². The number of nitrogens with zero attached hydrogens (tertiary/aromatic N) is 2. The van der Waals surface area contributed by atoms with Crippen molar-refractivity contribution in [2.24, 2.45) is 10.9 Å². The maximum atomic E-state index is 13.4. The molecule has 2 saturated heterocycles. The lowest BCUT2D eigenvalue weighted by Crippen LogP contribution is -2.44. The molecule has 2 aliphatic rings. The minimum atomic E-state index is -0.405. The van der Waals surface area contributed by atoms with E-state index in [1.165, 1.54) is 12.1 Å². The van der Waals surface area contributed by atoms with Crippen LogP contribution in [0.2, 0.25) is 0 Å². The van der Waals surface area contributed by atoms with Crippen LogP contribution in [0.25, 0.3) is 0 Å². The topological polar surface area (TPSA) is 82.1 Å². The molecule has 1 aromatic carbocycles. The van der Waals surface area contributed by atoms with Gasteiger partial charge in [0.2, 0.25) is 0 Å². The average molecular weight is 293 g/mol. The highest BCUT2D eigenvalue weighted by Gasteiger charge is 2.40. The minimum Gasteiger partial charge on any atom is -0.409 e. The van der Waals surface area contributed by atoms with E-state index in [-0.39, 0.29) is 11.9 Å². The number of rotatable bonds is 3. The average Bonchev–Trinajstić information content (AvgIpc) is 2.70. The Morgan fingerprint density at radius 3 is 2.62 bits per heavy atom. The predicted octanol–water partition coefficient (Wildman–Crippen LogP) is 1.41. The van der Waals surface area contributed by atoms with Gasteiger partial charge in [0.05, 0.1) is 6.10 Å². The maximum Gasteiger partial charge on any atom is 0.170 e. The van der Waals surface area contributed by atoms with Gasteiger partial charge in [-0.1, -0.05) is 11.2 Å². The predicted molar refractivity (Wildman–Crippen MR) is 76.5 cm³/mol. The van der Waals surface area contributed by atoms with E-state index < -0.39 is 5.82 Å². The van der Waals surface area contributed by atoms with Crippen molar-refractivity contribution in [1.29, 1.82) is 0 Å². The molecule has 5 nitrogen and oxygen atoms in total. The number of piperidine rings is 1. The molecule has 0 saturated carbocycles. The van der Waals surface area contributed by atoms with E-state index in [1.807, 2.05) is 0 Å². The Morgan fingerprint density at radius 1 is 1.33 bits per heavy atom. The molecule has 2 unspecified atom stereocenters. The largest absolute Gasteiger partial charge is 0.409 e. The summed E-state index contributed by atoms with van der Waals surface area (Å²) in [5.74, 6) is -0.480. The van der Waals surface area contributed by atoms with Gasteiger partial charge in [0.25, 0.3) is 0 Å². The van der Waals surface area contributed by atoms with Crippen LogP contribution in [0.1, 0.15) is 36.8 Å². The lowest BCUT2D eigenvalue weighted by atomic mass is 9.97. The van der Waals surface area contributed by atoms with Crippen LogP contribution in [-0.2, 0) is 6.54 Å². The molecule has 2 heterocycles. The lowest BCUT2D eigenvalue weighted by Gasteiger charge is -2.37. The molecule has 3 rings (SSSR count). The standard InChI is InChI=1S/C15H20FN3O2/c16-10-2-1-9(14(5-10)15(17)18-21)8-19-11-3-4-12(19)7-13(20)6-11/h1-2,5,11-13,20-21H,3-4,6-8H2,(H2,17,18). The molecule has 0 radical (unpaired) electrons. The van der Waals surface area contributed by atoms with Gasteiger partial charge in [-0.2, -0.15) is 0 Å². The summed E-state index contributed by atoms with van der Waals surface area (Å²) in [4.78, 5) is 2.36. The van der Waals surface area contributed by atoms with E-state index in [0.29, 0.717) is 24.2 Å². The van der Waals surface area contributed by atoms with E-state index in [9.17, 15) is 9.50 Å². The Morgan fingerprint density at radius 2 is 2.00 bits per heavy atom. The number of oxime groups is 1. The third-order valence-electron chi connectivity index (χ3n) is 4.67. The summed E-state index contributed by atoms with van der Waals surface area (Å²) in [5, 5.41) is 21.7. The van der Waals surface area contributed by atoms with Gasteiger partial charge in [0.15, 0.2) is 5.84 Å². The molecule has 0 aliphatic carbocycles. The number of aliphatic hydroxyl groups is 1. The van der Waals surface area contributed by atoms with Crippen LogP contribution >= 0.6 is 0 Å². The molecule has 2 bridgehead atoms. The summed E-state index contributed by atoms with van der Waals surface area (Å²) >= 11 is 0. The number of amidine groups is 1. The Bertz CT molecular complexity index is 550. The van der Waals surface area contributed by atoms with Gasteiger partial charge in [-0.15, -0.1) is 0 Å². The Labute approximate surface area is 122 Å². The van der Waals surface area contributed by atoms with Gasteiger partial charge in [-0.05, 0) is 43.4 Å². The van der Waals surface area contributed by atoms with Crippen molar-refractivity contribution in [3.63, 3.8) is 0 Å². The van der Waals surface area contributed by atoms with Crippen LogP contribution in [0.4, 0.5) is 4.39 Å². The number of benzene rings is 1. The quantitative estimate of drug-likeness (QED) is 0.340. The van der Waals surface area contributed by atoms with Crippen molar-refractivity contribution >= 4 is 5.84 Å². The maximum absolute atomic E-state index is 13.4. The molecule has 2 fully saturated rings. The van der Waals surface area contributed by atoms with Crippen molar-refractivity contribution in [3.8, 4) is 0 Å². The van der Waals surface area contributed by atoms with E-state index in [0.717, 1.165) is 31.2 Å². The van der Waals surface area contributed by atoms with E-state index in [1.54, 1.807) is 6.07 Å². The van der Waals surface area contributed by atoms with Gasteiger partial charge >= 0.3 is 0 Å². The SMILES string of the molecule is NC(=NO)c1cc(F)ccc1CN1C2CCC1CC(O)C2. The molecule has 4 N–H and O–H groups in total. The molecule has 0 aromatic heterocycles. The minimum absolute atomic E-state index is 0.0751. The first kappa shape index (κ1) is 14.3. The number of hydrogen-bond acceptors (Lipinski definition) is 4. The van der Waals surface area contributed by atoms with Crippen molar-refractivity contribution in [1.82, 2.24) is 4.90 Å². The fourth-order valence-electron chi connectivity index (χ4n) is 3.68. The number of aliphatic hydroxyl groups excluding tert-OH is 1. The Hall–Kier alpha value is -1.66.